The van der Waals surface area contributed by atoms with E-state index in [0.29, 0.717) is 32.1 Å². The number of aliphatic hydroxyl groups is 1. The summed E-state index contributed by atoms with van der Waals surface area (Å²) in [5.41, 5.74) is 2.12. The Labute approximate surface area is 104 Å². The fourth-order valence-corrected chi connectivity index (χ4v) is 1.83. The highest BCUT2D eigenvalue weighted by molar-refractivity contribution is 5.91. The first-order valence-electron chi connectivity index (χ1n) is 5.63. The SMILES string of the molecule is NNC(=O)c1cc(CN2CCOCC2CO)on1. The molecule has 1 saturated heterocycles. The Morgan fingerprint density at radius 3 is 3.28 bits per heavy atom. The molecule has 18 heavy (non-hydrogen) atoms. The van der Waals surface area contributed by atoms with Gasteiger partial charge in [-0.15, -0.1) is 0 Å². The molecule has 0 spiro atoms. The second-order valence-electron chi connectivity index (χ2n) is 4.03. The van der Waals surface area contributed by atoms with E-state index in [1.165, 1.54) is 6.07 Å². The van der Waals surface area contributed by atoms with Gasteiger partial charge >= 0.3 is 0 Å². The number of hydrazine groups is 1. The Morgan fingerprint density at radius 2 is 2.56 bits per heavy atom. The van der Waals surface area contributed by atoms with Gasteiger partial charge in [0.1, 0.15) is 0 Å². The van der Waals surface area contributed by atoms with E-state index in [2.05, 4.69) is 5.16 Å². The van der Waals surface area contributed by atoms with Crippen molar-refractivity contribution in [3.8, 4) is 0 Å². The van der Waals surface area contributed by atoms with Crippen LogP contribution in [0.15, 0.2) is 10.6 Å². The van der Waals surface area contributed by atoms with Gasteiger partial charge in [-0.25, -0.2) is 5.84 Å². The van der Waals surface area contributed by atoms with Crippen molar-refractivity contribution in [3.63, 3.8) is 0 Å². The van der Waals surface area contributed by atoms with Crippen molar-refractivity contribution in [2.75, 3.05) is 26.4 Å². The molecule has 1 atom stereocenters. The van der Waals surface area contributed by atoms with Gasteiger partial charge in [0.05, 0.1) is 32.4 Å². The number of carbonyl (C=O) groups is 1. The Balaban J connectivity index is 1.99. The summed E-state index contributed by atoms with van der Waals surface area (Å²) in [4.78, 5) is 13.2. The van der Waals surface area contributed by atoms with Crippen LogP contribution < -0.4 is 11.3 Å². The van der Waals surface area contributed by atoms with Gasteiger partial charge in [-0.2, -0.15) is 0 Å². The molecule has 0 radical (unpaired) electrons. The van der Waals surface area contributed by atoms with E-state index in [4.69, 9.17) is 15.1 Å². The van der Waals surface area contributed by atoms with Gasteiger partial charge in [0, 0.05) is 12.6 Å². The van der Waals surface area contributed by atoms with Crippen molar-refractivity contribution in [2.45, 2.75) is 12.6 Å². The number of nitrogen functional groups attached to an aromatic ring is 1. The summed E-state index contributed by atoms with van der Waals surface area (Å²) < 4.78 is 10.3. The Bertz CT molecular complexity index is 408. The summed E-state index contributed by atoms with van der Waals surface area (Å²) in [6.45, 7) is 2.29. The lowest BCUT2D eigenvalue weighted by atomic mass is 10.2. The van der Waals surface area contributed by atoms with E-state index < -0.39 is 5.91 Å². The lowest BCUT2D eigenvalue weighted by molar-refractivity contribution is -0.0341. The number of nitrogens with two attached hydrogens (primary N) is 1. The number of aromatic nitrogens is 1. The van der Waals surface area contributed by atoms with Crippen LogP contribution >= 0.6 is 0 Å². The molecule has 1 amide bonds. The number of hydrogen-bond donors (Lipinski definition) is 3. The first-order valence-corrected chi connectivity index (χ1v) is 5.63. The minimum Gasteiger partial charge on any atom is -0.395 e. The Morgan fingerprint density at radius 1 is 1.72 bits per heavy atom. The molecule has 0 bridgehead atoms. The molecule has 100 valence electrons. The molecule has 8 nitrogen and oxygen atoms in total. The van der Waals surface area contributed by atoms with E-state index >= 15 is 0 Å². The highest BCUT2D eigenvalue weighted by atomic mass is 16.5. The van der Waals surface area contributed by atoms with Gasteiger partial charge in [-0.05, 0) is 0 Å². The minimum absolute atomic E-state index is 0.0181. The maximum absolute atomic E-state index is 11.2. The molecule has 1 aromatic rings. The maximum atomic E-state index is 11.2. The molecule has 1 aliphatic heterocycles. The van der Waals surface area contributed by atoms with Gasteiger partial charge in [-0.3, -0.25) is 15.1 Å². The molecule has 4 N–H and O–H groups in total. The van der Waals surface area contributed by atoms with Crippen molar-refractivity contribution >= 4 is 5.91 Å². The number of nitrogens with zero attached hydrogens (tertiary/aromatic N) is 2. The predicted octanol–water partition coefficient (Wildman–Crippen LogP) is -1.53. The van der Waals surface area contributed by atoms with Gasteiger partial charge in [0.15, 0.2) is 11.5 Å². The van der Waals surface area contributed by atoms with Gasteiger partial charge < -0.3 is 14.4 Å². The van der Waals surface area contributed by atoms with E-state index in [9.17, 15) is 9.90 Å². The van der Waals surface area contributed by atoms with Crippen molar-refractivity contribution in [2.24, 2.45) is 5.84 Å². The second-order valence-corrected chi connectivity index (χ2v) is 4.03. The number of amides is 1. The van der Waals surface area contributed by atoms with Crippen LogP contribution in [0, 0.1) is 0 Å². The number of hydrogen-bond acceptors (Lipinski definition) is 7. The summed E-state index contributed by atoms with van der Waals surface area (Å²) in [6.07, 6.45) is 0. The molecule has 1 aromatic heterocycles. The molecule has 2 heterocycles. The summed E-state index contributed by atoms with van der Waals surface area (Å²) in [5, 5.41) is 12.8. The molecular weight excluding hydrogens is 240 g/mol. The zero-order valence-corrected chi connectivity index (χ0v) is 9.83. The van der Waals surface area contributed by atoms with Crippen LogP contribution in [0.4, 0.5) is 0 Å². The molecule has 2 rings (SSSR count). The largest absolute Gasteiger partial charge is 0.395 e. The molecular formula is C10H16N4O4. The first-order chi connectivity index (χ1) is 8.74. The Hall–Kier alpha value is -1.48. The number of nitrogens with one attached hydrogen (secondary N) is 1. The normalized spacial score (nSPS) is 20.9. The third-order valence-corrected chi connectivity index (χ3v) is 2.84. The van der Waals surface area contributed by atoms with Gasteiger partial charge in [0.2, 0.25) is 0 Å². The fourth-order valence-electron chi connectivity index (χ4n) is 1.83. The highest BCUT2D eigenvalue weighted by Gasteiger charge is 2.24. The van der Waals surface area contributed by atoms with Crippen LogP contribution in [0.25, 0.3) is 0 Å². The first kappa shape index (κ1) is 13.0. The molecule has 1 aliphatic rings. The third kappa shape index (κ3) is 2.85. The Kier molecular flexibility index (Phi) is 4.26. The van der Waals surface area contributed by atoms with Crippen molar-refractivity contribution in [1.82, 2.24) is 15.5 Å². The van der Waals surface area contributed by atoms with Crippen molar-refractivity contribution in [3.05, 3.63) is 17.5 Å². The second kappa shape index (κ2) is 5.91. The van der Waals surface area contributed by atoms with Crippen LogP contribution in [0.3, 0.4) is 0 Å². The van der Waals surface area contributed by atoms with Gasteiger partial charge in [-0.1, -0.05) is 5.16 Å². The lowest BCUT2D eigenvalue weighted by Crippen LogP contribution is -2.46. The monoisotopic (exact) mass is 256 g/mol. The molecule has 0 aliphatic carbocycles. The third-order valence-electron chi connectivity index (χ3n) is 2.84. The molecule has 0 saturated carbocycles. The average Bonchev–Trinajstić information content (AvgIpc) is 2.87. The fraction of sp³-hybridized carbons (Fsp3) is 0.600. The summed E-state index contributed by atoms with van der Waals surface area (Å²) in [6, 6.07) is 1.47. The molecule has 1 fully saturated rings. The lowest BCUT2D eigenvalue weighted by Gasteiger charge is -2.33. The van der Waals surface area contributed by atoms with E-state index in [1.54, 1.807) is 0 Å². The van der Waals surface area contributed by atoms with Crippen LogP contribution in [-0.2, 0) is 11.3 Å². The number of carbonyl (C=O) groups excluding carboxylic acids is 1. The van der Waals surface area contributed by atoms with Crippen molar-refractivity contribution in [1.29, 1.82) is 0 Å². The molecule has 1 unspecified atom stereocenters. The summed E-state index contributed by atoms with van der Waals surface area (Å²) >= 11 is 0. The maximum Gasteiger partial charge on any atom is 0.287 e. The minimum atomic E-state index is -0.495. The number of aliphatic hydroxyl groups excluding tert-OH is 1. The van der Waals surface area contributed by atoms with Crippen LogP contribution in [0.1, 0.15) is 16.2 Å². The van der Waals surface area contributed by atoms with E-state index in [1.807, 2.05) is 10.3 Å². The molecule has 0 aromatic carbocycles. The van der Waals surface area contributed by atoms with Crippen LogP contribution in [0.5, 0.6) is 0 Å². The van der Waals surface area contributed by atoms with Gasteiger partial charge in [0.25, 0.3) is 5.91 Å². The summed E-state index contributed by atoms with van der Waals surface area (Å²) in [5.74, 6) is 5.06. The smallest absolute Gasteiger partial charge is 0.287 e. The van der Waals surface area contributed by atoms with E-state index in [-0.39, 0.29) is 18.3 Å². The zero-order valence-electron chi connectivity index (χ0n) is 9.83. The quantitative estimate of drug-likeness (QED) is 0.340. The zero-order chi connectivity index (χ0) is 13.0. The average molecular weight is 256 g/mol. The van der Waals surface area contributed by atoms with Crippen molar-refractivity contribution < 1.29 is 19.2 Å². The number of ether oxygens (including phenoxy) is 1. The van der Waals surface area contributed by atoms with Crippen LogP contribution in [-0.4, -0.2) is 53.5 Å². The number of morpholine rings is 1. The van der Waals surface area contributed by atoms with Crippen LogP contribution in [0.2, 0.25) is 0 Å². The standard InChI is InChI=1S/C10H16N4O4/c11-12-10(16)9-3-8(18-13-9)4-14-1-2-17-6-7(14)5-15/h3,7,15H,1-2,4-6,11H2,(H,12,16). The topological polar surface area (TPSA) is 114 Å². The number of rotatable bonds is 4. The van der Waals surface area contributed by atoms with E-state index in [0.717, 1.165) is 0 Å². The summed E-state index contributed by atoms with van der Waals surface area (Å²) in [7, 11) is 0. The predicted molar refractivity (Wildman–Crippen MR) is 60.3 cm³/mol. The molecule has 8 heteroatoms. The highest BCUT2D eigenvalue weighted by Crippen LogP contribution is 2.13.